The Morgan fingerprint density at radius 2 is 2.04 bits per heavy atom. The number of furan rings is 1. The summed E-state index contributed by atoms with van der Waals surface area (Å²) in [5, 5.41) is 12.2. The number of carbonyl (C=O) groups excluding carboxylic acids is 1. The van der Waals surface area contributed by atoms with Crippen LogP contribution in [0.3, 0.4) is 0 Å². The summed E-state index contributed by atoms with van der Waals surface area (Å²) in [6, 6.07) is 12.6. The molecule has 2 heterocycles. The van der Waals surface area contributed by atoms with Crippen LogP contribution in [0.1, 0.15) is 22.6 Å². The van der Waals surface area contributed by atoms with Crippen LogP contribution in [0, 0.1) is 6.92 Å². The maximum atomic E-state index is 12.2. The van der Waals surface area contributed by atoms with Gasteiger partial charge in [-0.15, -0.1) is 0 Å². The number of rotatable bonds is 8. The third-order valence-corrected chi connectivity index (χ3v) is 4.21. The number of pyridine rings is 1. The fourth-order valence-corrected chi connectivity index (χ4v) is 2.64. The fraction of sp³-hybridized carbons (Fsp3) is 0.238. The minimum atomic E-state index is -0.362. The highest BCUT2D eigenvalue weighted by Gasteiger charge is 2.11. The number of nitrogens with zero attached hydrogens (tertiary/aromatic N) is 1. The van der Waals surface area contributed by atoms with Crippen molar-refractivity contribution in [3.8, 4) is 5.75 Å². The molecule has 1 aromatic carbocycles. The van der Waals surface area contributed by atoms with Gasteiger partial charge in [-0.3, -0.25) is 9.59 Å². The molecule has 3 rings (SSSR count). The first-order valence-corrected chi connectivity index (χ1v) is 8.87. The molecule has 146 valence electrons. The summed E-state index contributed by atoms with van der Waals surface area (Å²) < 4.78 is 12.3. The molecular weight excluding hydrogens is 360 g/mol. The van der Waals surface area contributed by atoms with Crippen LogP contribution >= 0.6 is 0 Å². The van der Waals surface area contributed by atoms with Crippen molar-refractivity contribution in [1.82, 2.24) is 9.88 Å². The number of benzene rings is 1. The van der Waals surface area contributed by atoms with Gasteiger partial charge in [-0.1, -0.05) is 29.8 Å². The lowest BCUT2D eigenvalue weighted by molar-refractivity contribution is -0.122. The van der Waals surface area contributed by atoms with Crippen LogP contribution in [0.5, 0.6) is 5.75 Å². The predicted octanol–water partition coefficient (Wildman–Crippen LogP) is 2.14. The molecule has 0 atom stereocenters. The van der Waals surface area contributed by atoms with Crippen LogP contribution in [0.2, 0.25) is 0 Å². The standard InChI is InChI=1S/C21H22N2O5/c1-15-4-6-16(7-5-15)14-28-20-11-23(17(13-24)9-19(20)25)12-21(26)22-10-18-3-2-8-27-18/h2-9,11,24H,10,12-14H2,1H3,(H,22,26). The van der Waals surface area contributed by atoms with Crippen molar-refractivity contribution in [3.05, 3.63) is 87.7 Å². The van der Waals surface area contributed by atoms with E-state index < -0.39 is 0 Å². The van der Waals surface area contributed by atoms with Gasteiger partial charge < -0.3 is 24.1 Å². The zero-order chi connectivity index (χ0) is 19.9. The number of carbonyl (C=O) groups is 1. The average Bonchev–Trinajstić information content (AvgIpc) is 3.21. The molecule has 2 N–H and O–H groups in total. The summed E-state index contributed by atoms with van der Waals surface area (Å²) in [6.07, 6.45) is 2.99. The van der Waals surface area contributed by atoms with E-state index in [0.29, 0.717) is 11.5 Å². The molecule has 28 heavy (non-hydrogen) atoms. The van der Waals surface area contributed by atoms with Gasteiger partial charge in [0.15, 0.2) is 5.75 Å². The third kappa shape index (κ3) is 5.11. The van der Waals surface area contributed by atoms with Gasteiger partial charge >= 0.3 is 0 Å². The van der Waals surface area contributed by atoms with Gasteiger partial charge in [0.1, 0.15) is 18.9 Å². The molecule has 0 aliphatic rings. The number of aryl methyl sites for hydroxylation is 1. The molecule has 0 saturated heterocycles. The SMILES string of the molecule is Cc1ccc(COc2cn(CC(=O)NCc3ccco3)c(CO)cc2=O)cc1. The van der Waals surface area contributed by atoms with E-state index in [1.807, 2.05) is 31.2 Å². The monoisotopic (exact) mass is 382 g/mol. The predicted molar refractivity (Wildman–Crippen MR) is 103 cm³/mol. The van der Waals surface area contributed by atoms with E-state index in [9.17, 15) is 14.7 Å². The normalized spacial score (nSPS) is 10.6. The van der Waals surface area contributed by atoms with E-state index in [4.69, 9.17) is 9.15 Å². The summed E-state index contributed by atoms with van der Waals surface area (Å²) >= 11 is 0. The first-order chi connectivity index (χ1) is 13.5. The van der Waals surface area contributed by atoms with Gasteiger partial charge in [-0.05, 0) is 24.6 Å². The highest BCUT2D eigenvalue weighted by atomic mass is 16.5. The quantitative estimate of drug-likeness (QED) is 0.623. The average molecular weight is 382 g/mol. The van der Waals surface area contributed by atoms with E-state index in [1.165, 1.54) is 23.1 Å². The van der Waals surface area contributed by atoms with Crippen molar-refractivity contribution >= 4 is 5.91 Å². The van der Waals surface area contributed by atoms with Gasteiger partial charge in [0, 0.05) is 11.8 Å². The number of aromatic nitrogens is 1. The first-order valence-electron chi connectivity index (χ1n) is 8.87. The molecule has 3 aromatic rings. The number of hydrogen-bond donors (Lipinski definition) is 2. The third-order valence-electron chi connectivity index (χ3n) is 4.21. The fourth-order valence-electron chi connectivity index (χ4n) is 2.64. The largest absolute Gasteiger partial charge is 0.483 e. The molecule has 0 spiro atoms. The number of aliphatic hydroxyl groups is 1. The Hall–Kier alpha value is -3.32. The lowest BCUT2D eigenvalue weighted by Gasteiger charge is -2.14. The number of aliphatic hydroxyl groups excluding tert-OH is 1. The maximum absolute atomic E-state index is 12.2. The molecule has 7 heteroatoms. The van der Waals surface area contributed by atoms with Gasteiger partial charge in [0.2, 0.25) is 11.3 Å². The molecule has 0 unspecified atom stereocenters. The topological polar surface area (TPSA) is 93.7 Å². The number of hydrogen-bond acceptors (Lipinski definition) is 5. The van der Waals surface area contributed by atoms with Crippen molar-refractivity contribution in [3.63, 3.8) is 0 Å². The van der Waals surface area contributed by atoms with E-state index in [1.54, 1.807) is 12.1 Å². The van der Waals surface area contributed by atoms with Gasteiger partial charge in [-0.25, -0.2) is 0 Å². The highest BCUT2D eigenvalue weighted by molar-refractivity contribution is 5.75. The molecule has 0 saturated carbocycles. The summed E-state index contributed by atoms with van der Waals surface area (Å²) in [5.74, 6) is 0.480. The maximum Gasteiger partial charge on any atom is 0.240 e. The molecule has 0 bridgehead atoms. The smallest absolute Gasteiger partial charge is 0.240 e. The summed E-state index contributed by atoms with van der Waals surface area (Å²) in [6.45, 7) is 2.07. The Bertz CT molecular complexity index is 975. The summed E-state index contributed by atoms with van der Waals surface area (Å²) in [7, 11) is 0. The van der Waals surface area contributed by atoms with Crippen LogP contribution in [0.4, 0.5) is 0 Å². The molecule has 0 aliphatic carbocycles. The van der Waals surface area contributed by atoms with E-state index in [0.717, 1.165) is 11.1 Å². The van der Waals surface area contributed by atoms with Crippen LogP contribution in [-0.4, -0.2) is 15.6 Å². The van der Waals surface area contributed by atoms with E-state index >= 15 is 0 Å². The Kier molecular flexibility index (Phi) is 6.29. The first kappa shape index (κ1) is 19.4. The molecule has 0 radical (unpaired) electrons. The van der Waals surface area contributed by atoms with Crippen LogP contribution in [0.25, 0.3) is 0 Å². The highest BCUT2D eigenvalue weighted by Crippen LogP contribution is 2.11. The van der Waals surface area contributed by atoms with Gasteiger partial charge in [-0.2, -0.15) is 0 Å². The molecular formula is C21H22N2O5. The molecule has 2 aromatic heterocycles. The zero-order valence-corrected chi connectivity index (χ0v) is 15.6. The van der Waals surface area contributed by atoms with Crippen LogP contribution in [0.15, 0.2) is 64.1 Å². The second-order valence-corrected chi connectivity index (χ2v) is 6.41. The van der Waals surface area contributed by atoms with Crippen molar-refractivity contribution in [2.75, 3.05) is 0 Å². The second-order valence-electron chi connectivity index (χ2n) is 6.41. The van der Waals surface area contributed by atoms with Crippen molar-refractivity contribution in [2.45, 2.75) is 33.2 Å². The minimum Gasteiger partial charge on any atom is -0.483 e. The van der Waals surface area contributed by atoms with Crippen molar-refractivity contribution in [1.29, 1.82) is 0 Å². The lowest BCUT2D eigenvalue weighted by Crippen LogP contribution is -2.28. The van der Waals surface area contributed by atoms with Crippen LogP contribution in [-0.2, 0) is 31.1 Å². The molecule has 0 fully saturated rings. The lowest BCUT2D eigenvalue weighted by atomic mass is 10.2. The van der Waals surface area contributed by atoms with Crippen molar-refractivity contribution < 1.29 is 19.1 Å². The Balaban J connectivity index is 1.69. The summed E-state index contributed by atoms with van der Waals surface area (Å²) in [4.78, 5) is 24.4. The van der Waals surface area contributed by atoms with E-state index in [-0.39, 0.29) is 43.4 Å². The molecule has 1 amide bonds. The van der Waals surface area contributed by atoms with Crippen LogP contribution < -0.4 is 15.5 Å². The molecule has 7 nitrogen and oxygen atoms in total. The Morgan fingerprint density at radius 3 is 2.71 bits per heavy atom. The zero-order valence-electron chi connectivity index (χ0n) is 15.6. The number of nitrogens with one attached hydrogen (secondary N) is 1. The summed E-state index contributed by atoms with van der Waals surface area (Å²) in [5.41, 5.74) is 2.06. The van der Waals surface area contributed by atoms with Gasteiger partial charge in [0.05, 0.1) is 25.6 Å². The second kappa shape index (κ2) is 9.05. The Labute approximate surface area is 162 Å². The number of ether oxygens (including phenoxy) is 1. The van der Waals surface area contributed by atoms with E-state index in [2.05, 4.69) is 5.32 Å². The number of amides is 1. The van der Waals surface area contributed by atoms with Crippen molar-refractivity contribution in [2.24, 2.45) is 0 Å². The Morgan fingerprint density at radius 1 is 1.25 bits per heavy atom. The minimum absolute atomic E-state index is 0.0578. The van der Waals surface area contributed by atoms with Gasteiger partial charge in [0.25, 0.3) is 0 Å². The molecule has 0 aliphatic heterocycles.